The molecule has 0 amide bonds. The molecule has 0 saturated heterocycles. The molecule has 0 unspecified atom stereocenters. The second-order valence-electron chi connectivity index (χ2n) is 4.88. The summed E-state index contributed by atoms with van der Waals surface area (Å²) in [6.45, 7) is 0. The van der Waals surface area contributed by atoms with Gasteiger partial charge in [0.1, 0.15) is 0 Å². The van der Waals surface area contributed by atoms with Gasteiger partial charge in [0.25, 0.3) is 22.2 Å². The Hall–Kier alpha value is -2.44. The van der Waals surface area contributed by atoms with Crippen molar-refractivity contribution in [1.29, 1.82) is 0 Å². The van der Waals surface area contributed by atoms with E-state index in [1.807, 2.05) is 0 Å². The van der Waals surface area contributed by atoms with Gasteiger partial charge in [0.05, 0.1) is 31.6 Å². The molecular formula is C14H4Cl2N2O4. The lowest BCUT2D eigenvalue weighted by atomic mass is 9.99. The zero-order valence-corrected chi connectivity index (χ0v) is 12.1. The van der Waals surface area contributed by atoms with Crippen molar-refractivity contribution < 1.29 is 0 Å². The van der Waals surface area contributed by atoms with E-state index in [1.54, 1.807) is 0 Å². The van der Waals surface area contributed by atoms with Gasteiger partial charge in [0.15, 0.2) is 0 Å². The van der Waals surface area contributed by atoms with E-state index in [2.05, 4.69) is 9.97 Å². The van der Waals surface area contributed by atoms with Crippen molar-refractivity contribution in [2.24, 2.45) is 0 Å². The van der Waals surface area contributed by atoms with Crippen LogP contribution in [0.3, 0.4) is 0 Å². The Kier molecular flexibility index (Phi) is 2.44. The van der Waals surface area contributed by atoms with E-state index >= 15 is 0 Å². The van der Waals surface area contributed by atoms with Crippen molar-refractivity contribution in [2.75, 3.05) is 0 Å². The van der Waals surface area contributed by atoms with Crippen LogP contribution in [-0.4, -0.2) is 9.97 Å². The summed E-state index contributed by atoms with van der Waals surface area (Å²) in [7, 11) is 0. The maximum Gasteiger partial charge on any atom is 0.260 e. The van der Waals surface area contributed by atoms with Crippen LogP contribution in [0, 0.1) is 0 Å². The normalized spacial score (nSPS) is 11.9. The van der Waals surface area contributed by atoms with E-state index in [0.29, 0.717) is 0 Å². The maximum absolute atomic E-state index is 12.2. The average Bonchev–Trinajstić information content (AvgIpc) is 2.71. The average molecular weight is 335 g/mol. The number of halogens is 2. The Labute approximate surface area is 129 Å². The third-order valence-corrected chi connectivity index (χ3v) is 4.30. The molecule has 0 aliphatic heterocycles. The fourth-order valence-electron chi connectivity index (χ4n) is 2.84. The molecule has 22 heavy (non-hydrogen) atoms. The molecule has 108 valence electrons. The van der Waals surface area contributed by atoms with Crippen molar-refractivity contribution in [3.8, 4) is 0 Å². The summed E-state index contributed by atoms with van der Waals surface area (Å²) in [5.41, 5.74) is -2.85. The van der Waals surface area contributed by atoms with Crippen LogP contribution in [0.1, 0.15) is 0 Å². The Balaban J connectivity index is 2.75. The molecule has 0 atom stereocenters. The summed E-state index contributed by atoms with van der Waals surface area (Å²) in [5.74, 6) is 0. The molecule has 4 heterocycles. The molecular weight excluding hydrogens is 331 g/mol. The molecule has 6 aromatic rings. The zero-order valence-electron chi connectivity index (χ0n) is 10.5. The van der Waals surface area contributed by atoms with Gasteiger partial charge in [-0.1, -0.05) is 23.2 Å². The van der Waals surface area contributed by atoms with E-state index in [9.17, 15) is 19.2 Å². The first kappa shape index (κ1) is 13.2. The van der Waals surface area contributed by atoms with Crippen LogP contribution in [0.5, 0.6) is 0 Å². The number of H-pyrrole nitrogens is 2. The minimum Gasteiger partial charge on any atom is -0.288 e. The Morgan fingerprint density at radius 2 is 0.955 bits per heavy atom. The standard InChI is InChI=1S/C14H4Cl2N2O4/c15-5-1-3-7-8(9(5)13(21)17-11(3)19)4-2-6(16)10(7)14(22)18-12(4)20/h1-2H,(H,17,19,21)(H,18,20,22). The lowest BCUT2D eigenvalue weighted by Gasteiger charge is -2.04. The smallest absolute Gasteiger partial charge is 0.260 e. The quantitative estimate of drug-likeness (QED) is 0.508. The SMILES string of the molecule is O=c1[nH]c(=O)c2c(Cl)cc1c1c3c(Cl)cc(c(=O)[nH]c3=O)c21. The van der Waals surface area contributed by atoms with Crippen molar-refractivity contribution in [3.05, 3.63) is 63.6 Å². The van der Waals surface area contributed by atoms with E-state index in [0.717, 1.165) is 0 Å². The minimum atomic E-state index is -0.725. The van der Waals surface area contributed by atoms with Gasteiger partial charge < -0.3 is 0 Å². The van der Waals surface area contributed by atoms with Crippen LogP contribution >= 0.6 is 23.2 Å². The van der Waals surface area contributed by atoms with Crippen molar-refractivity contribution in [1.82, 2.24) is 9.97 Å². The summed E-state index contributed by atoms with van der Waals surface area (Å²) in [6.07, 6.45) is 0. The number of rotatable bonds is 0. The van der Waals surface area contributed by atoms with Gasteiger partial charge in [0, 0.05) is 10.8 Å². The second kappa shape index (κ2) is 4.06. The molecule has 0 saturated carbocycles. The van der Waals surface area contributed by atoms with Gasteiger partial charge in [-0.05, 0) is 12.1 Å². The highest BCUT2D eigenvalue weighted by atomic mass is 35.5. The van der Waals surface area contributed by atoms with Crippen molar-refractivity contribution in [3.63, 3.8) is 0 Å². The van der Waals surface area contributed by atoms with E-state index in [1.165, 1.54) is 12.1 Å². The third kappa shape index (κ3) is 1.45. The number of benzene rings is 2. The predicted molar refractivity (Wildman–Crippen MR) is 85.1 cm³/mol. The monoisotopic (exact) mass is 334 g/mol. The molecule has 2 N–H and O–H groups in total. The van der Waals surface area contributed by atoms with Crippen LogP contribution in [0.15, 0.2) is 31.3 Å². The maximum atomic E-state index is 12.2. The van der Waals surface area contributed by atoms with Crippen LogP contribution in [0.2, 0.25) is 10.0 Å². The molecule has 4 aromatic heterocycles. The molecule has 8 heteroatoms. The van der Waals surface area contributed by atoms with Gasteiger partial charge in [0.2, 0.25) is 0 Å². The third-order valence-electron chi connectivity index (χ3n) is 3.71. The number of nitrogens with one attached hydrogen (secondary N) is 2. The lowest BCUT2D eigenvalue weighted by molar-refractivity contribution is 1.23. The highest BCUT2D eigenvalue weighted by Crippen LogP contribution is 2.35. The zero-order chi connectivity index (χ0) is 15.8. The predicted octanol–water partition coefficient (Wildman–Crippen LogP) is 1.43. The van der Waals surface area contributed by atoms with E-state index in [-0.39, 0.29) is 42.4 Å². The fraction of sp³-hybridized carbons (Fsp3) is 0. The molecule has 0 radical (unpaired) electrons. The highest BCUT2D eigenvalue weighted by molar-refractivity contribution is 6.43. The first-order valence-corrected chi connectivity index (χ1v) is 6.86. The van der Waals surface area contributed by atoms with Gasteiger partial charge in [-0.15, -0.1) is 0 Å². The molecule has 2 aromatic carbocycles. The van der Waals surface area contributed by atoms with Crippen LogP contribution in [-0.2, 0) is 0 Å². The van der Waals surface area contributed by atoms with Crippen LogP contribution in [0.25, 0.3) is 32.3 Å². The number of aromatic nitrogens is 2. The number of hydrogen-bond acceptors (Lipinski definition) is 4. The Morgan fingerprint density at radius 1 is 0.591 bits per heavy atom. The van der Waals surface area contributed by atoms with E-state index < -0.39 is 22.2 Å². The number of hydrogen-bond donors (Lipinski definition) is 2. The van der Waals surface area contributed by atoms with Gasteiger partial charge in [-0.3, -0.25) is 29.1 Å². The topological polar surface area (TPSA) is 99.9 Å². The van der Waals surface area contributed by atoms with Crippen molar-refractivity contribution in [2.45, 2.75) is 0 Å². The second-order valence-corrected chi connectivity index (χ2v) is 5.69. The highest BCUT2D eigenvalue weighted by Gasteiger charge is 2.21. The molecule has 6 nitrogen and oxygen atoms in total. The summed E-state index contributed by atoms with van der Waals surface area (Å²) >= 11 is 12.1. The van der Waals surface area contributed by atoms with Gasteiger partial charge in [-0.2, -0.15) is 0 Å². The van der Waals surface area contributed by atoms with Crippen molar-refractivity contribution >= 4 is 55.5 Å². The summed E-state index contributed by atoms with van der Waals surface area (Å²) in [4.78, 5) is 52.9. The largest absolute Gasteiger partial charge is 0.288 e. The Morgan fingerprint density at radius 3 is 1.32 bits per heavy atom. The Bertz CT molecular complexity index is 1220. The molecule has 0 aliphatic carbocycles. The number of aromatic amines is 2. The summed E-state index contributed by atoms with van der Waals surface area (Å²) in [6, 6.07) is 2.60. The molecule has 0 fully saturated rings. The molecule has 0 aliphatic rings. The summed E-state index contributed by atoms with van der Waals surface area (Å²) in [5, 5.41) is 0.386. The molecule has 4 bridgehead atoms. The minimum absolute atomic E-state index is 0.0240. The van der Waals surface area contributed by atoms with Crippen LogP contribution in [0.4, 0.5) is 0 Å². The fourth-order valence-corrected chi connectivity index (χ4v) is 3.42. The van der Waals surface area contributed by atoms with Crippen LogP contribution < -0.4 is 22.2 Å². The van der Waals surface area contributed by atoms with Gasteiger partial charge >= 0.3 is 0 Å². The van der Waals surface area contributed by atoms with E-state index in [4.69, 9.17) is 23.2 Å². The lowest BCUT2D eigenvalue weighted by Crippen LogP contribution is -2.14. The molecule has 0 spiro atoms. The summed E-state index contributed by atoms with van der Waals surface area (Å²) < 4.78 is 0. The first-order chi connectivity index (χ1) is 10.4. The number of fused-ring (bicyclic) bond motifs is 6. The first-order valence-electron chi connectivity index (χ1n) is 6.10. The van der Waals surface area contributed by atoms with Gasteiger partial charge in [-0.25, -0.2) is 0 Å². The molecule has 6 rings (SSSR count).